The average molecular weight is 229 g/mol. The van der Waals surface area contributed by atoms with Crippen LogP contribution in [-0.4, -0.2) is 14.9 Å². The van der Waals surface area contributed by atoms with E-state index in [2.05, 4.69) is 9.97 Å². The van der Waals surface area contributed by atoms with E-state index in [9.17, 15) is 10.1 Å². The first kappa shape index (κ1) is 9.71. The molecule has 0 aromatic carbocycles. The highest BCUT2D eigenvalue weighted by atomic mass is 16.6. The van der Waals surface area contributed by atoms with Gasteiger partial charge in [-0.1, -0.05) is 0 Å². The van der Waals surface area contributed by atoms with Crippen LogP contribution < -0.4 is 4.74 Å². The van der Waals surface area contributed by atoms with E-state index in [4.69, 9.17) is 4.74 Å². The Kier molecular flexibility index (Phi) is 2.01. The van der Waals surface area contributed by atoms with E-state index in [0.29, 0.717) is 12.4 Å². The third kappa shape index (κ3) is 1.50. The zero-order valence-corrected chi connectivity index (χ0v) is 8.66. The molecule has 0 spiro atoms. The second-order valence-electron chi connectivity index (χ2n) is 3.62. The van der Waals surface area contributed by atoms with Gasteiger partial charge in [-0.2, -0.15) is 0 Å². The summed E-state index contributed by atoms with van der Waals surface area (Å²) in [4.78, 5) is 17.9. The third-order valence-corrected chi connectivity index (χ3v) is 2.62. The van der Waals surface area contributed by atoms with Crippen LogP contribution in [0, 0.1) is 10.1 Å². The molecule has 2 aromatic rings. The lowest BCUT2D eigenvalue weighted by Crippen LogP contribution is -2.07. The highest BCUT2D eigenvalue weighted by molar-refractivity contribution is 5.74. The van der Waals surface area contributed by atoms with Crippen molar-refractivity contribution >= 4 is 5.82 Å². The molecule has 6 heteroatoms. The normalized spacial score (nSPS) is 12.2. The van der Waals surface area contributed by atoms with Gasteiger partial charge in [-0.15, -0.1) is 0 Å². The van der Waals surface area contributed by atoms with Crippen molar-refractivity contribution in [1.82, 2.24) is 9.97 Å². The number of aromatic nitrogens is 2. The molecule has 0 saturated carbocycles. The Balaban J connectivity index is 2.18. The minimum Gasteiger partial charge on any atom is -0.487 e. The largest absolute Gasteiger partial charge is 0.487 e. The quantitative estimate of drug-likeness (QED) is 0.551. The molecule has 0 unspecified atom stereocenters. The summed E-state index contributed by atoms with van der Waals surface area (Å²) in [5.74, 6) is 0.514. The molecule has 0 N–H and O–H groups in total. The maximum atomic E-state index is 10.6. The first-order chi connectivity index (χ1) is 8.25. The van der Waals surface area contributed by atoms with Crippen molar-refractivity contribution in [3.63, 3.8) is 0 Å². The van der Waals surface area contributed by atoms with Crippen molar-refractivity contribution in [2.45, 2.75) is 6.61 Å². The molecule has 0 saturated heterocycles. The molecular weight excluding hydrogens is 222 g/mol. The zero-order chi connectivity index (χ0) is 11.8. The second kappa shape index (κ2) is 3.51. The summed E-state index contributed by atoms with van der Waals surface area (Å²) in [5, 5.41) is 10.6. The van der Waals surface area contributed by atoms with Crippen LogP contribution in [0.3, 0.4) is 0 Å². The lowest BCUT2D eigenvalue weighted by atomic mass is 10.0. The molecule has 6 nitrogen and oxygen atoms in total. The molecule has 17 heavy (non-hydrogen) atoms. The number of hydrogen-bond donors (Lipinski definition) is 0. The summed E-state index contributed by atoms with van der Waals surface area (Å²) in [7, 11) is 0. The van der Waals surface area contributed by atoms with Crippen molar-refractivity contribution in [1.29, 1.82) is 0 Å². The number of hydrogen-bond acceptors (Lipinski definition) is 5. The van der Waals surface area contributed by atoms with Crippen LogP contribution in [0.2, 0.25) is 0 Å². The number of fused-ring (bicyclic) bond motifs is 3. The smallest absolute Gasteiger partial charge is 0.363 e. The predicted octanol–water partition coefficient (Wildman–Crippen LogP) is 1.94. The molecule has 2 aromatic heterocycles. The van der Waals surface area contributed by atoms with Crippen molar-refractivity contribution in [2.24, 2.45) is 0 Å². The Morgan fingerprint density at radius 2 is 2.24 bits per heavy atom. The van der Waals surface area contributed by atoms with Crippen molar-refractivity contribution in [3.05, 3.63) is 46.4 Å². The molecular formula is C11H7N3O3. The van der Waals surface area contributed by atoms with Gasteiger partial charge < -0.3 is 14.9 Å². The average Bonchev–Trinajstić information content (AvgIpc) is 2.38. The monoisotopic (exact) mass is 229 g/mol. The summed E-state index contributed by atoms with van der Waals surface area (Å²) in [6, 6.07) is 3.25. The van der Waals surface area contributed by atoms with Gasteiger partial charge in [-0.25, -0.2) is 0 Å². The lowest BCUT2D eigenvalue weighted by molar-refractivity contribution is -0.389. The molecule has 1 aliphatic rings. The van der Waals surface area contributed by atoms with Gasteiger partial charge in [-0.05, 0) is 16.0 Å². The Bertz CT molecular complexity index is 613. The summed E-state index contributed by atoms with van der Waals surface area (Å²) in [6.07, 6.45) is 4.78. The lowest BCUT2D eigenvalue weighted by Gasteiger charge is -2.18. The predicted molar refractivity (Wildman–Crippen MR) is 58.5 cm³/mol. The molecule has 0 atom stereocenters. The van der Waals surface area contributed by atoms with Gasteiger partial charge in [0.25, 0.3) is 0 Å². The Morgan fingerprint density at radius 1 is 1.35 bits per heavy atom. The minimum absolute atomic E-state index is 0.162. The van der Waals surface area contributed by atoms with Gasteiger partial charge in [0.1, 0.15) is 18.6 Å². The first-order valence-corrected chi connectivity index (χ1v) is 4.96. The van der Waals surface area contributed by atoms with Crippen molar-refractivity contribution in [2.75, 3.05) is 0 Å². The number of pyridine rings is 2. The van der Waals surface area contributed by atoms with E-state index < -0.39 is 4.92 Å². The van der Waals surface area contributed by atoms with Crippen molar-refractivity contribution < 1.29 is 9.66 Å². The van der Waals surface area contributed by atoms with Gasteiger partial charge in [0.2, 0.25) is 0 Å². The molecule has 0 radical (unpaired) electrons. The number of nitrogens with zero attached hydrogens (tertiary/aromatic N) is 3. The standard InChI is InChI=1S/C11H7N3O3/c15-14(16)11-3-7-6-17-10-5-12-2-1-8(10)9(7)4-13-11/h1-5H,6H2. The summed E-state index contributed by atoms with van der Waals surface area (Å²) < 4.78 is 5.47. The molecule has 0 aliphatic carbocycles. The van der Waals surface area contributed by atoms with Crippen LogP contribution in [0.5, 0.6) is 5.75 Å². The van der Waals surface area contributed by atoms with Gasteiger partial charge in [0.15, 0.2) is 0 Å². The van der Waals surface area contributed by atoms with Crippen LogP contribution in [0.15, 0.2) is 30.7 Å². The maximum absolute atomic E-state index is 10.6. The van der Waals surface area contributed by atoms with Crippen LogP contribution >= 0.6 is 0 Å². The molecule has 1 aliphatic heterocycles. The number of nitro groups is 1. The van der Waals surface area contributed by atoms with E-state index in [1.165, 1.54) is 12.3 Å². The summed E-state index contributed by atoms with van der Waals surface area (Å²) in [5.41, 5.74) is 2.49. The second-order valence-corrected chi connectivity index (χ2v) is 3.62. The minimum atomic E-state index is -0.512. The molecule has 84 valence electrons. The highest BCUT2D eigenvalue weighted by Crippen LogP contribution is 2.36. The third-order valence-electron chi connectivity index (χ3n) is 2.62. The highest BCUT2D eigenvalue weighted by Gasteiger charge is 2.21. The van der Waals surface area contributed by atoms with Crippen LogP contribution in [-0.2, 0) is 6.61 Å². The fourth-order valence-corrected chi connectivity index (χ4v) is 1.82. The summed E-state index contributed by atoms with van der Waals surface area (Å²) >= 11 is 0. The van der Waals surface area contributed by atoms with E-state index in [1.54, 1.807) is 18.5 Å². The van der Waals surface area contributed by atoms with Crippen LogP contribution in [0.25, 0.3) is 11.1 Å². The van der Waals surface area contributed by atoms with Crippen LogP contribution in [0.4, 0.5) is 5.82 Å². The number of rotatable bonds is 1. The molecule has 0 fully saturated rings. The topological polar surface area (TPSA) is 78.2 Å². The van der Waals surface area contributed by atoms with Gasteiger partial charge in [0, 0.05) is 29.0 Å². The molecule has 0 bridgehead atoms. The first-order valence-electron chi connectivity index (χ1n) is 4.96. The molecule has 3 heterocycles. The maximum Gasteiger partial charge on any atom is 0.363 e. The fraction of sp³-hybridized carbons (Fsp3) is 0.0909. The Morgan fingerprint density at radius 3 is 3.06 bits per heavy atom. The Hall–Kier alpha value is -2.50. The summed E-state index contributed by atoms with van der Waals surface area (Å²) in [6.45, 7) is 0.303. The van der Waals surface area contributed by atoms with Gasteiger partial charge in [-0.3, -0.25) is 4.98 Å². The van der Waals surface area contributed by atoms with Gasteiger partial charge in [0.05, 0.1) is 6.20 Å². The molecule has 3 rings (SSSR count). The van der Waals surface area contributed by atoms with E-state index in [1.807, 2.05) is 0 Å². The number of ether oxygens (including phenoxy) is 1. The van der Waals surface area contributed by atoms with E-state index >= 15 is 0 Å². The Labute approximate surface area is 96.1 Å². The van der Waals surface area contributed by atoms with Crippen LogP contribution in [0.1, 0.15) is 5.56 Å². The molecule has 0 amide bonds. The van der Waals surface area contributed by atoms with Crippen molar-refractivity contribution in [3.8, 4) is 16.9 Å². The van der Waals surface area contributed by atoms with E-state index in [-0.39, 0.29) is 5.82 Å². The van der Waals surface area contributed by atoms with Gasteiger partial charge >= 0.3 is 5.82 Å². The zero-order valence-electron chi connectivity index (χ0n) is 8.66. The fourth-order valence-electron chi connectivity index (χ4n) is 1.82. The SMILES string of the molecule is O=[N+]([O-])c1cc2c(cn1)-c1ccncc1OC2. The van der Waals surface area contributed by atoms with E-state index in [0.717, 1.165) is 16.7 Å².